The molecule has 3 nitrogen and oxygen atoms in total. The molecule has 0 amide bonds. The van der Waals surface area contributed by atoms with Crippen molar-refractivity contribution in [1.82, 2.24) is 15.1 Å². The zero-order valence-electron chi connectivity index (χ0n) is 10.2. The van der Waals surface area contributed by atoms with Gasteiger partial charge in [0.15, 0.2) is 0 Å². The minimum atomic E-state index is 0.217. The first-order valence-corrected chi connectivity index (χ1v) is 5.75. The molecule has 0 aromatic carbocycles. The Balaban J connectivity index is 2.44. The Hall–Kier alpha value is -0.560. The molecule has 1 fully saturated rings. The molecule has 3 heteroatoms. The van der Waals surface area contributed by atoms with Crippen LogP contribution in [0.15, 0.2) is 0 Å². The van der Waals surface area contributed by atoms with Gasteiger partial charge in [0.25, 0.3) is 0 Å². The van der Waals surface area contributed by atoms with E-state index in [1.807, 2.05) is 0 Å². The number of hydrogen-bond acceptors (Lipinski definition) is 3. The highest BCUT2D eigenvalue weighted by molar-refractivity contribution is 5.01. The average molecular weight is 209 g/mol. The molecule has 1 rings (SSSR count). The lowest BCUT2D eigenvalue weighted by molar-refractivity contribution is 0.105. The Morgan fingerprint density at radius 1 is 1.47 bits per heavy atom. The number of nitrogens with zero attached hydrogens (tertiary/aromatic N) is 2. The van der Waals surface area contributed by atoms with Gasteiger partial charge in [0.05, 0.1) is 6.04 Å². The first-order chi connectivity index (χ1) is 7.17. The van der Waals surface area contributed by atoms with Crippen LogP contribution in [0.5, 0.6) is 0 Å². The maximum absolute atomic E-state index is 5.51. The van der Waals surface area contributed by atoms with Gasteiger partial charge in [-0.3, -0.25) is 0 Å². The number of nitrogens with one attached hydrogen (secondary N) is 1. The summed E-state index contributed by atoms with van der Waals surface area (Å²) in [4.78, 5) is 4.80. The van der Waals surface area contributed by atoms with Crippen molar-refractivity contribution in [1.29, 1.82) is 0 Å². The van der Waals surface area contributed by atoms with Gasteiger partial charge in [-0.25, -0.2) is 0 Å². The number of likely N-dealkylation sites (N-methyl/N-ethyl adjacent to an activating group) is 2. The van der Waals surface area contributed by atoms with Crippen LogP contribution in [0.3, 0.4) is 0 Å². The third-order valence-corrected chi connectivity index (χ3v) is 3.14. The van der Waals surface area contributed by atoms with Crippen LogP contribution in [0.25, 0.3) is 0 Å². The maximum Gasteiger partial charge on any atom is 0.0702 e. The highest BCUT2D eigenvalue weighted by Crippen LogP contribution is 2.11. The third kappa shape index (κ3) is 3.83. The van der Waals surface area contributed by atoms with Crippen molar-refractivity contribution in [3.05, 3.63) is 0 Å². The summed E-state index contributed by atoms with van der Waals surface area (Å²) >= 11 is 0. The van der Waals surface area contributed by atoms with Crippen molar-refractivity contribution < 1.29 is 0 Å². The molecule has 2 atom stereocenters. The van der Waals surface area contributed by atoms with E-state index in [1.165, 1.54) is 0 Å². The van der Waals surface area contributed by atoms with Gasteiger partial charge in [0, 0.05) is 25.7 Å². The van der Waals surface area contributed by atoms with Gasteiger partial charge in [0.2, 0.25) is 0 Å². The molecule has 1 N–H and O–H groups in total. The summed E-state index contributed by atoms with van der Waals surface area (Å²) in [6.07, 6.45) is 6.56. The molecule has 0 aromatic heterocycles. The van der Waals surface area contributed by atoms with Crippen LogP contribution in [0, 0.1) is 12.3 Å². The Bertz CT molecular complexity index is 221. The number of terminal acetylenes is 1. The van der Waals surface area contributed by atoms with E-state index in [1.54, 1.807) is 0 Å². The fourth-order valence-corrected chi connectivity index (χ4v) is 2.08. The quantitative estimate of drug-likeness (QED) is 0.669. The normalized spacial score (nSPS) is 26.1. The summed E-state index contributed by atoms with van der Waals surface area (Å²) in [6.45, 7) is 6.47. The van der Waals surface area contributed by atoms with Crippen LogP contribution in [-0.2, 0) is 0 Å². The fraction of sp³-hybridized carbons (Fsp3) is 0.833. The second-order valence-electron chi connectivity index (χ2n) is 4.41. The molecular formula is C12H23N3. The van der Waals surface area contributed by atoms with Crippen molar-refractivity contribution in [2.24, 2.45) is 0 Å². The minimum Gasteiger partial charge on any atom is -0.304 e. The average Bonchev–Trinajstić information content (AvgIpc) is 2.22. The zero-order chi connectivity index (χ0) is 11.3. The summed E-state index contributed by atoms with van der Waals surface area (Å²) in [5, 5.41) is 3.33. The molecule has 0 spiro atoms. The van der Waals surface area contributed by atoms with Crippen LogP contribution in [-0.4, -0.2) is 62.2 Å². The van der Waals surface area contributed by atoms with E-state index in [2.05, 4.69) is 42.1 Å². The van der Waals surface area contributed by atoms with E-state index >= 15 is 0 Å². The summed E-state index contributed by atoms with van der Waals surface area (Å²) in [7, 11) is 4.37. The van der Waals surface area contributed by atoms with Crippen molar-refractivity contribution in [3.8, 4) is 12.3 Å². The highest BCUT2D eigenvalue weighted by Gasteiger charge is 2.24. The van der Waals surface area contributed by atoms with Gasteiger partial charge in [-0.15, -0.1) is 6.42 Å². The molecule has 2 unspecified atom stereocenters. The van der Waals surface area contributed by atoms with Gasteiger partial charge in [-0.1, -0.05) is 12.8 Å². The van der Waals surface area contributed by atoms with Gasteiger partial charge < -0.3 is 15.1 Å². The lowest BCUT2D eigenvalue weighted by Crippen LogP contribution is -2.52. The van der Waals surface area contributed by atoms with E-state index in [0.29, 0.717) is 6.04 Å². The van der Waals surface area contributed by atoms with Crippen molar-refractivity contribution in [2.75, 3.05) is 40.3 Å². The second kappa shape index (κ2) is 6.12. The predicted octanol–water partition coefficient (Wildman–Crippen LogP) is 0.234. The van der Waals surface area contributed by atoms with Crippen LogP contribution in [0.1, 0.15) is 13.3 Å². The molecule has 1 saturated heterocycles. The monoisotopic (exact) mass is 209 g/mol. The Labute approximate surface area is 93.8 Å². The van der Waals surface area contributed by atoms with E-state index < -0.39 is 0 Å². The van der Waals surface area contributed by atoms with Crippen molar-refractivity contribution in [3.63, 3.8) is 0 Å². The molecule has 0 aliphatic carbocycles. The molecule has 15 heavy (non-hydrogen) atoms. The highest BCUT2D eigenvalue weighted by atomic mass is 15.3. The van der Waals surface area contributed by atoms with Crippen LogP contribution in [0.4, 0.5) is 0 Å². The topological polar surface area (TPSA) is 18.5 Å². The van der Waals surface area contributed by atoms with Crippen molar-refractivity contribution >= 4 is 0 Å². The van der Waals surface area contributed by atoms with Crippen molar-refractivity contribution in [2.45, 2.75) is 25.4 Å². The number of rotatable bonds is 4. The van der Waals surface area contributed by atoms with Crippen LogP contribution in [0.2, 0.25) is 0 Å². The largest absolute Gasteiger partial charge is 0.304 e. The lowest BCUT2D eigenvalue weighted by atomic mass is 10.0. The first kappa shape index (κ1) is 12.5. The summed E-state index contributed by atoms with van der Waals surface area (Å²) < 4.78 is 0. The van der Waals surface area contributed by atoms with E-state index in [0.717, 1.165) is 32.6 Å². The summed E-state index contributed by atoms with van der Waals surface area (Å²) in [6, 6.07) is 0.804. The molecule has 0 aromatic rings. The fourth-order valence-electron chi connectivity index (χ4n) is 2.08. The molecule has 1 heterocycles. The number of hydrogen-bond donors (Lipinski definition) is 1. The van der Waals surface area contributed by atoms with E-state index in [4.69, 9.17) is 6.42 Å². The SMILES string of the molecule is C#CC(CC1CN(C)CCN1C)NCC. The van der Waals surface area contributed by atoms with Gasteiger partial charge in [0.1, 0.15) is 0 Å². The van der Waals surface area contributed by atoms with E-state index in [-0.39, 0.29) is 6.04 Å². The standard InChI is InChI=1S/C12H23N3/c1-5-11(13-6-2)9-12-10-14(3)7-8-15(12)4/h1,11-13H,6-10H2,2-4H3. The third-order valence-electron chi connectivity index (χ3n) is 3.14. The lowest BCUT2D eigenvalue weighted by Gasteiger charge is -2.38. The van der Waals surface area contributed by atoms with Crippen LogP contribution >= 0.6 is 0 Å². The number of piperazine rings is 1. The minimum absolute atomic E-state index is 0.217. The van der Waals surface area contributed by atoms with Crippen LogP contribution < -0.4 is 5.32 Å². The summed E-state index contributed by atoms with van der Waals surface area (Å²) in [5.41, 5.74) is 0. The molecule has 86 valence electrons. The smallest absolute Gasteiger partial charge is 0.0702 e. The summed E-state index contributed by atoms with van der Waals surface area (Å²) in [5.74, 6) is 2.83. The Morgan fingerprint density at radius 2 is 2.20 bits per heavy atom. The zero-order valence-corrected chi connectivity index (χ0v) is 10.2. The molecular weight excluding hydrogens is 186 g/mol. The van der Waals surface area contributed by atoms with Gasteiger partial charge in [-0.05, 0) is 27.1 Å². The maximum atomic E-state index is 5.51. The molecule has 1 aliphatic rings. The Morgan fingerprint density at radius 3 is 2.80 bits per heavy atom. The Kier molecular flexibility index (Phi) is 5.10. The van der Waals surface area contributed by atoms with Gasteiger partial charge >= 0.3 is 0 Å². The first-order valence-electron chi connectivity index (χ1n) is 5.75. The predicted molar refractivity (Wildman–Crippen MR) is 64.8 cm³/mol. The van der Waals surface area contributed by atoms with E-state index in [9.17, 15) is 0 Å². The molecule has 0 radical (unpaired) electrons. The van der Waals surface area contributed by atoms with Gasteiger partial charge in [-0.2, -0.15) is 0 Å². The molecule has 0 saturated carbocycles. The molecule has 0 bridgehead atoms. The second-order valence-corrected chi connectivity index (χ2v) is 4.41. The molecule has 1 aliphatic heterocycles.